The van der Waals surface area contributed by atoms with E-state index in [0.29, 0.717) is 28.3 Å². The molecular weight excluding hydrogens is 537 g/mol. The molecule has 210 valence electrons. The summed E-state index contributed by atoms with van der Waals surface area (Å²) in [6.07, 6.45) is 8.67. The summed E-state index contributed by atoms with van der Waals surface area (Å²) in [5.41, 5.74) is 1.11. The van der Waals surface area contributed by atoms with Gasteiger partial charge in [0.25, 0.3) is 9.84 Å². The van der Waals surface area contributed by atoms with Gasteiger partial charge < -0.3 is 0 Å². The number of hydrogen-bond acceptors (Lipinski definition) is 5. The van der Waals surface area contributed by atoms with E-state index in [9.17, 15) is 21.6 Å². The summed E-state index contributed by atoms with van der Waals surface area (Å²) in [5.74, 6) is 0. The maximum atomic E-state index is 12.9. The lowest BCUT2D eigenvalue weighted by molar-refractivity contribution is -0.0436. The number of aromatic amines is 1. The number of nitrogens with one attached hydrogen (secondary N) is 1. The number of sulfone groups is 1. The van der Waals surface area contributed by atoms with E-state index < -0.39 is 20.2 Å². The molecule has 4 aromatic rings. The summed E-state index contributed by atoms with van der Waals surface area (Å²) >= 11 is 0. The molecule has 0 bridgehead atoms. The molecule has 0 saturated carbocycles. The highest BCUT2D eigenvalue weighted by Crippen LogP contribution is 2.38. The van der Waals surface area contributed by atoms with Gasteiger partial charge in [0.15, 0.2) is 5.65 Å². The molecule has 2 aromatic carbocycles. The van der Waals surface area contributed by atoms with Crippen molar-refractivity contribution in [2.24, 2.45) is 0 Å². The fraction of sp³-hybridized carbons (Fsp3) is 0.400. The molecule has 1 saturated heterocycles. The lowest BCUT2D eigenvalue weighted by Crippen LogP contribution is -2.48. The number of pyridine rings is 1. The number of rotatable bonds is 4. The Balaban J connectivity index is 1.29. The Hall–Kier alpha value is -3.24. The van der Waals surface area contributed by atoms with Gasteiger partial charge in [-0.3, -0.25) is 10.00 Å². The minimum Gasteiger partial charge on any atom is -0.295 e. The monoisotopic (exact) mass is 568 g/mol. The van der Waals surface area contributed by atoms with Gasteiger partial charge in [-0.1, -0.05) is 30.3 Å². The Morgan fingerprint density at radius 1 is 0.975 bits per heavy atom. The van der Waals surface area contributed by atoms with Crippen molar-refractivity contribution >= 4 is 20.9 Å². The standard InChI is InChI=1S/C30H31F3N4O2S/c1-19-4-3-15-37(19)29(2)13-11-20-5-6-22(16-23(20)12-14-29)24-17-26-27(35-36-28(26)34-18-24)21-7-9-25(10-8-21)40(38,39)30(31,32)33/h5-10,16-19H,3-4,11-15H2,1-2H3,(H,34,35,36)/t19-,29?/m1/s1. The first-order valence-corrected chi connectivity index (χ1v) is 15.1. The maximum Gasteiger partial charge on any atom is 0.501 e. The van der Waals surface area contributed by atoms with E-state index in [2.05, 4.69) is 52.1 Å². The number of likely N-dealkylation sites (tertiary alicyclic amines) is 1. The molecule has 1 unspecified atom stereocenters. The van der Waals surface area contributed by atoms with Crippen LogP contribution in [0.2, 0.25) is 0 Å². The van der Waals surface area contributed by atoms with Gasteiger partial charge in [-0.15, -0.1) is 0 Å². The number of alkyl halides is 3. The molecule has 1 fully saturated rings. The normalized spacial score (nSPS) is 22.4. The second kappa shape index (κ2) is 9.69. The zero-order valence-electron chi connectivity index (χ0n) is 22.4. The Bertz CT molecular complexity index is 1680. The summed E-state index contributed by atoms with van der Waals surface area (Å²) in [6.45, 7) is 5.95. The van der Waals surface area contributed by atoms with Crippen molar-refractivity contribution in [1.82, 2.24) is 20.1 Å². The van der Waals surface area contributed by atoms with Crippen LogP contribution in [0.15, 0.2) is 59.6 Å². The van der Waals surface area contributed by atoms with Crippen LogP contribution in [0.5, 0.6) is 0 Å². The second-order valence-electron chi connectivity index (χ2n) is 11.3. The van der Waals surface area contributed by atoms with Crippen LogP contribution in [0.3, 0.4) is 0 Å². The molecule has 6 rings (SSSR count). The number of aryl methyl sites for hydroxylation is 2. The minimum absolute atomic E-state index is 0.205. The molecule has 2 aliphatic rings. The second-order valence-corrected chi connectivity index (χ2v) is 13.3. The van der Waals surface area contributed by atoms with Gasteiger partial charge in [0.1, 0.15) is 0 Å². The Kier molecular flexibility index (Phi) is 6.53. The van der Waals surface area contributed by atoms with Gasteiger partial charge in [0, 0.05) is 34.3 Å². The lowest BCUT2D eigenvalue weighted by Gasteiger charge is -2.41. The fourth-order valence-electron chi connectivity index (χ4n) is 6.45. The van der Waals surface area contributed by atoms with Crippen molar-refractivity contribution in [1.29, 1.82) is 0 Å². The van der Waals surface area contributed by atoms with Gasteiger partial charge in [0.05, 0.1) is 10.6 Å². The van der Waals surface area contributed by atoms with E-state index in [4.69, 9.17) is 0 Å². The van der Waals surface area contributed by atoms with Crippen molar-refractivity contribution < 1.29 is 21.6 Å². The van der Waals surface area contributed by atoms with Crippen LogP contribution >= 0.6 is 0 Å². The van der Waals surface area contributed by atoms with Crippen molar-refractivity contribution in [3.63, 3.8) is 0 Å². The number of aromatic nitrogens is 3. The number of nitrogens with zero attached hydrogens (tertiary/aromatic N) is 3. The van der Waals surface area contributed by atoms with E-state index in [-0.39, 0.29) is 5.54 Å². The molecule has 2 aromatic heterocycles. The summed E-state index contributed by atoms with van der Waals surface area (Å²) < 4.78 is 62.3. The maximum absolute atomic E-state index is 12.9. The SMILES string of the molecule is C[C@@H]1CCCN1C1(C)CCc2ccc(-c3cnc4n[nH]c(-c5ccc(S(=O)(=O)C(F)(F)F)cc5)c4c3)cc2CC1. The first-order valence-electron chi connectivity index (χ1n) is 13.6. The predicted octanol–water partition coefficient (Wildman–Crippen LogP) is 6.71. The van der Waals surface area contributed by atoms with Gasteiger partial charge in [0.2, 0.25) is 0 Å². The van der Waals surface area contributed by atoms with Crippen molar-refractivity contribution in [2.75, 3.05) is 6.54 Å². The third-order valence-corrected chi connectivity index (χ3v) is 10.3. The molecular formula is C30H31F3N4O2S. The number of fused-ring (bicyclic) bond motifs is 2. The fourth-order valence-corrected chi connectivity index (χ4v) is 7.21. The van der Waals surface area contributed by atoms with Crippen LogP contribution in [0.1, 0.15) is 50.7 Å². The zero-order chi connectivity index (χ0) is 28.3. The van der Waals surface area contributed by atoms with E-state index in [1.807, 2.05) is 6.07 Å². The third-order valence-electron chi connectivity index (χ3n) is 8.82. The van der Waals surface area contributed by atoms with E-state index in [0.717, 1.165) is 48.9 Å². The van der Waals surface area contributed by atoms with E-state index in [1.165, 1.54) is 42.6 Å². The van der Waals surface area contributed by atoms with Crippen LogP contribution in [0.4, 0.5) is 13.2 Å². The first kappa shape index (κ1) is 27.0. The average Bonchev–Trinajstić information content (AvgIpc) is 3.52. The highest BCUT2D eigenvalue weighted by atomic mass is 32.2. The van der Waals surface area contributed by atoms with Crippen molar-refractivity contribution in [2.45, 2.75) is 74.4 Å². The number of H-pyrrole nitrogens is 1. The van der Waals surface area contributed by atoms with E-state index in [1.54, 1.807) is 6.20 Å². The quantitative estimate of drug-likeness (QED) is 0.277. The molecule has 1 aliphatic carbocycles. The first-order chi connectivity index (χ1) is 19.0. The van der Waals surface area contributed by atoms with Crippen LogP contribution in [-0.4, -0.2) is 52.1 Å². The lowest BCUT2D eigenvalue weighted by atomic mass is 9.89. The highest BCUT2D eigenvalue weighted by Gasteiger charge is 2.46. The molecule has 0 radical (unpaired) electrons. The highest BCUT2D eigenvalue weighted by molar-refractivity contribution is 7.92. The average molecular weight is 569 g/mol. The Morgan fingerprint density at radius 3 is 2.35 bits per heavy atom. The largest absolute Gasteiger partial charge is 0.501 e. The summed E-state index contributed by atoms with van der Waals surface area (Å²) in [5, 5.41) is 7.85. The third kappa shape index (κ3) is 4.60. The van der Waals surface area contributed by atoms with Crippen LogP contribution in [-0.2, 0) is 22.7 Å². The summed E-state index contributed by atoms with van der Waals surface area (Å²) in [4.78, 5) is 6.43. The molecule has 6 nitrogen and oxygen atoms in total. The predicted molar refractivity (Wildman–Crippen MR) is 148 cm³/mol. The molecule has 40 heavy (non-hydrogen) atoms. The number of hydrogen-bond donors (Lipinski definition) is 1. The molecule has 0 amide bonds. The Morgan fingerprint density at radius 2 is 1.68 bits per heavy atom. The smallest absolute Gasteiger partial charge is 0.295 e. The van der Waals surface area contributed by atoms with Crippen molar-refractivity contribution in [3.8, 4) is 22.4 Å². The van der Waals surface area contributed by atoms with Gasteiger partial charge in [-0.05, 0) is 93.8 Å². The summed E-state index contributed by atoms with van der Waals surface area (Å²) in [7, 11) is -5.41. The molecule has 1 aliphatic heterocycles. The summed E-state index contributed by atoms with van der Waals surface area (Å²) in [6, 6.07) is 13.8. The molecule has 1 N–H and O–H groups in total. The number of benzene rings is 2. The molecule has 3 heterocycles. The topological polar surface area (TPSA) is 79.0 Å². The number of halogens is 3. The van der Waals surface area contributed by atoms with Crippen LogP contribution in [0.25, 0.3) is 33.4 Å². The minimum atomic E-state index is -5.41. The van der Waals surface area contributed by atoms with Gasteiger partial charge in [-0.2, -0.15) is 18.3 Å². The molecule has 2 atom stereocenters. The van der Waals surface area contributed by atoms with Crippen LogP contribution < -0.4 is 0 Å². The Labute approximate surface area is 231 Å². The zero-order valence-corrected chi connectivity index (χ0v) is 23.2. The molecule has 0 spiro atoms. The van der Waals surface area contributed by atoms with Crippen molar-refractivity contribution in [3.05, 3.63) is 65.9 Å². The van der Waals surface area contributed by atoms with Crippen LogP contribution in [0, 0.1) is 0 Å². The molecule has 10 heteroatoms. The van der Waals surface area contributed by atoms with E-state index >= 15 is 0 Å². The van der Waals surface area contributed by atoms with Gasteiger partial charge >= 0.3 is 5.51 Å². The van der Waals surface area contributed by atoms with Gasteiger partial charge in [-0.25, -0.2) is 13.4 Å².